The fourth-order valence-corrected chi connectivity index (χ4v) is 1.51. The third kappa shape index (κ3) is 3.66. The number of hydrogen-bond acceptors (Lipinski definition) is 2. The molecule has 3 heteroatoms. The van der Waals surface area contributed by atoms with E-state index in [1.54, 1.807) is 0 Å². The molecule has 2 N–H and O–H groups in total. The van der Waals surface area contributed by atoms with E-state index in [9.17, 15) is 0 Å². The molecule has 2 nitrogen and oxygen atoms in total. The van der Waals surface area contributed by atoms with Gasteiger partial charge in [0.05, 0.1) is 0 Å². The van der Waals surface area contributed by atoms with Gasteiger partial charge >= 0.3 is 0 Å². The molecule has 1 aromatic rings. The topological polar surface area (TPSA) is 24.1 Å². The summed E-state index contributed by atoms with van der Waals surface area (Å²) >= 11 is 6.03. The zero-order chi connectivity index (χ0) is 10.4. The Morgan fingerprint density at radius 1 is 1.36 bits per heavy atom. The maximum atomic E-state index is 6.03. The first kappa shape index (κ1) is 11.5. The predicted octanol–water partition coefficient (Wildman–Crippen LogP) is 2.04. The molecule has 0 aliphatic carbocycles. The second kappa shape index (κ2) is 6.02. The van der Waals surface area contributed by atoms with Crippen LogP contribution in [0.4, 0.5) is 0 Å². The number of nitrogens with one attached hydrogen (secondary N) is 2. The Morgan fingerprint density at radius 3 is 2.71 bits per heavy atom. The van der Waals surface area contributed by atoms with Gasteiger partial charge in [0, 0.05) is 24.2 Å². The minimum absolute atomic E-state index is 0.455. The number of likely N-dealkylation sites (N-methyl/N-ethyl adjacent to an activating group) is 1. The van der Waals surface area contributed by atoms with E-state index >= 15 is 0 Å². The highest BCUT2D eigenvalue weighted by atomic mass is 35.5. The normalized spacial score (nSPS) is 12.8. The van der Waals surface area contributed by atoms with Crippen LogP contribution in [0.15, 0.2) is 24.3 Å². The Kier molecular flexibility index (Phi) is 4.94. The molecule has 0 aliphatic heterocycles. The van der Waals surface area contributed by atoms with Crippen molar-refractivity contribution in [1.29, 1.82) is 0 Å². The van der Waals surface area contributed by atoms with Gasteiger partial charge < -0.3 is 10.6 Å². The summed E-state index contributed by atoms with van der Waals surface area (Å²) in [5.74, 6) is 0. The highest BCUT2D eigenvalue weighted by Crippen LogP contribution is 2.14. The van der Waals surface area contributed by atoms with Crippen molar-refractivity contribution in [2.24, 2.45) is 0 Å². The summed E-state index contributed by atoms with van der Waals surface area (Å²) in [5, 5.41) is 7.35. The lowest BCUT2D eigenvalue weighted by atomic mass is 10.2. The van der Waals surface area contributed by atoms with Gasteiger partial charge in [-0.3, -0.25) is 0 Å². The van der Waals surface area contributed by atoms with E-state index in [1.165, 1.54) is 0 Å². The van der Waals surface area contributed by atoms with Crippen molar-refractivity contribution in [3.8, 4) is 0 Å². The SMILES string of the molecule is CNCC(C)NCc1ccccc1Cl. The summed E-state index contributed by atoms with van der Waals surface area (Å²) in [6, 6.07) is 8.37. The summed E-state index contributed by atoms with van der Waals surface area (Å²) in [5.41, 5.74) is 1.15. The maximum Gasteiger partial charge on any atom is 0.0450 e. The highest BCUT2D eigenvalue weighted by molar-refractivity contribution is 6.31. The summed E-state index contributed by atoms with van der Waals surface area (Å²) in [6.45, 7) is 3.93. The number of hydrogen-bond donors (Lipinski definition) is 2. The van der Waals surface area contributed by atoms with Crippen LogP contribution in [0.2, 0.25) is 5.02 Å². The fraction of sp³-hybridized carbons (Fsp3) is 0.455. The zero-order valence-electron chi connectivity index (χ0n) is 8.68. The van der Waals surface area contributed by atoms with Crippen molar-refractivity contribution >= 4 is 11.6 Å². The lowest BCUT2D eigenvalue weighted by Crippen LogP contribution is -2.34. The Hall–Kier alpha value is -0.570. The van der Waals surface area contributed by atoms with Crippen LogP contribution in [-0.2, 0) is 6.54 Å². The summed E-state index contributed by atoms with van der Waals surface area (Å²) in [7, 11) is 1.95. The molecule has 0 spiro atoms. The van der Waals surface area contributed by atoms with Crippen molar-refractivity contribution < 1.29 is 0 Å². The van der Waals surface area contributed by atoms with E-state index in [-0.39, 0.29) is 0 Å². The van der Waals surface area contributed by atoms with Crippen molar-refractivity contribution in [3.63, 3.8) is 0 Å². The van der Waals surface area contributed by atoms with Crippen LogP contribution in [0, 0.1) is 0 Å². The molecule has 0 saturated heterocycles. The van der Waals surface area contributed by atoms with E-state index in [0.29, 0.717) is 6.04 Å². The van der Waals surface area contributed by atoms with Gasteiger partial charge in [0.2, 0.25) is 0 Å². The molecule has 0 bridgehead atoms. The first-order valence-electron chi connectivity index (χ1n) is 4.85. The van der Waals surface area contributed by atoms with E-state index in [0.717, 1.165) is 23.7 Å². The largest absolute Gasteiger partial charge is 0.318 e. The Balaban J connectivity index is 2.41. The predicted molar refractivity (Wildman–Crippen MR) is 61.7 cm³/mol. The van der Waals surface area contributed by atoms with Crippen LogP contribution in [0.3, 0.4) is 0 Å². The molecule has 0 aliphatic rings. The third-order valence-electron chi connectivity index (χ3n) is 2.11. The van der Waals surface area contributed by atoms with Gasteiger partial charge in [-0.1, -0.05) is 29.8 Å². The van der Waals surface area contributed by atoms with Gasteiger partial charge in [0.25, 0.3) is 0 Å². The van der Waals surface area contributed by atoms with Crippen LogP contribution in [0.25, 0.3) is 0 Å². The Morgan fingerprint density at radius 2 is 2.07 bits per heavy atom. The molecule has 0 saturated carbocycles. The summed E-state index contributed by atoms with van der Waals surface area (Å²) < 4.78 is 0. The molecule has 1 rings (SSSR count). The third-order valence-corrected chi connectivity index (χ3v) is 2.48. The smallest absolute Gasteiger partial charge is 0.0450 e. The van der Waals surface area contributed by atoms with Crippen LogP contribution in [0.1, 0.15) is 12.5 Å². The minimum Gasteiger partial charge on any atom is -0.318 e. The second-order valence-electron chi connectivity index (χ2n) is 3.43. The minimum atomic E-state index is 0.455. The summed E-state index contributed by atoms with van der Waals surface area (Å²) in [6.07, 6.45) is 0. The standard InChI is InChI=1S/C11H17ClN2/c1-9(7-13-2)14-8-10-5-3-4-6-11(10)12/h3-6,9,13-14H,7-8H2,1-2H3. The van der Waals surface area contributed by atoms with Gasteiger partial charge in [-0.2, -0.15) is 0 Å². The summed E-state index contributed by atoms with van der Waals surface area (Å²) in [4.78, 5) is 0. The lowest BCUT2D eigenvalue weighted by molar-refractivity contribution is 0.523. The van der Waals surface area contributed by atoms with E-state index in [4.69, 9.17) is 11.6 Å². The molecule has 1 unspecified atom stereocenters. The first-order valence-corrected chi connectivity index (χ1v) is 5.23. The van der Waals surface area contributed by atoms with Crippen LogP contribution < -0.4 is 10.6 Å². The molecule has 78 valence electrons. The molecule has 0 amide bonds. The fourth-order valence-electron chi connectivity index (χ4n) is 1.30. The van der Waals surface area contributed by atoms with E-state index in [2.05, 4.69) is 17.6 Å². The molecule has 0 fully saturated rings. The first-order chi connectivity index (χ1) is 6.74. The van der Waals surface area contributed by atoms with Crippen molar-refractivity contribution in [2.75, 3.05) is 13.6 Å². The molecular formula is C11H17ClN2. The van der Waals surface area contributed by atoms with Crippen molar-refractivity contribution in [2.45, 2.75) is 19.5 Å². The number of benzene rings is 1. The van der Waals surface area contributed by atoms with Gasteiger partial charge in [-0.25, -0.2) is 0 Å². The van der Waals surface area contributed by atoms with Gasteiger partial charge in [-0.05, 0) is 25.6 Å². The van der Waals surface area contributed by atoms with Gasteiger partial charge in [0.15, 0.2) is 0 Å². The van der Waals surface area contributed by atoms with Crippen LogP contribution in [-0.4, -0.2) is 19.6 Å². The molecule has 1 aromatic carbocycles. The molecule has 14 heavy (non-hydrogen) atoms. The molecule has 0 aromatic heterocycles. The average molecular weight is 213 g/mol. The second-order valence-corrected chi connectivity index (χ2v) is 3.84. The van der Waals surface area contributed by atoms with Crippen molar-refractivity contribution in [1.82, 2.24) is 10.6 Å². The quantitative estimate of drug-likeness (QED) is 0.781. The molecule has 1 atom stereocenters. The van der Waals surface area contributed by atoms with Crippen LogP contribution >= 0.6 is 11.6 Å². The van der Waals surface area contributed by atoms with E-state index in [1.807, 2.05) is 31.3 Å². The van der Waals surface area contributed by atoms with Crippen molar-refractivity contribution in [3.05, 3.63) is 34.9 Å². The maximum absolute atomic E-state index is 6.03. The monoisotopic (exact) mass is 212 g/mol. The Bertz CT molecular complexity index is 276. The highest BCUT2D eigenvalue weighted by Gasteiger charge is 2.01. The van der Waals surface area contributed by atoms with Crippen LogP contribution in [0.5, 0.6) is 0 Å². The molecule has 0 heterocycles. The van der Waals surface area contributed by atoms with E-state index < -0.39 is 0 Å². The Labute approximate surface area is 90.7 Å². The number of halogens is 1. The zero-order valence-corrected chi connectivity index (χ0v) is 9.43. The number of rotatable bonds is 5. The average Bonchev–Trinajstić information content (AvgIpc) is 2.17. The van der Waals surface area contributed by atoms with Gasteiger partial charge in [0.1, 0.15) is 0 Å². The molecule has 0 radical (unpaired) electrons. The molecular weight excluding hydrogens is 196 g/mol. The lowest BCUT2D eigenvalue weighted by Gasteiger charge is -2.13. The van der Waals surface area contributed by atoms with Gasteiger partial charge in [-0.15, -0.1) is 0 Å².